The van der Waals surface area contributed by atoms with Crippen molar-refractivity contribution < 1.29 is 9.47 Å². The molecule has 0 aliphatic carbocycles. The molecule has 9 heteroatoms. The van der Waals surface area contributed by atoms with Gasteiger partial charge in [-0.2, -0.15) is 5.10 Å². The molecule has 3 aromatic rings. The molecule has 0 atom stereocenters. The third-order valence-electron chi connectivity index (χ3n) is 5.64. The zero-order valence-corrected chi connectivity index (χ0v) is 19.1. The van der Waals surface area contributed by atoms with Crippen molar-refractivity contribution in [2.24, 2.45) is 0 Å². The lowest BCUT2D eigenvalue weighted by atomic mass is 10.1. The Morgan fingerprint density at radius 2 is 1.69 bits per heavy atom. The lowest BCUT2D eigenvalue weighted by molar-refractivity contribution is 0.173. The van der Waals surface area contributed by atoms with Crippen LogP contribution in [-0.4, -0.2) is 57.7 Å². The molecule has 0 radical (unpaired) electrons. The van der Waals surface area contributed by atoms with Crippen LogP contribution in [-0.2, 0) is 13.1 Å². The molecule has 0 amide bonds. The highest BCUT2D eigenvalue weighted by Crippen LogP contribution is 2.32. The van der Waals surface area contributed by atoms with E-state index in [2.05, 4.69) is 32.3 Å². The van der Waals surface area contributed by atoms with Crippen LogP contribution >= 0.6 is 23.8 Å². The summed E-state index contributed by atoms with van der Waals surface area (Å²) in [5.41, 5.74) is 2.37. The Morgan fingerprint density at radius 1 is 0.938 bits per heavy atom. The van der Waals surface area contributed by atoms with E-state index < -0.39 is 0 Å². The molecule has 0 saturated carbocycles. The number of thiocarbonyl (C=S) groups is 1. The molecule has 0 bridgehead atoms. The molecule has 7 nitrogen and oxygen atoms in total. The van der Waals surface area contributed by atoms with Crippen molar-refractivity contribution in [3.63, 3.8) is 0 Å². The van der Waals surface area contributed by atoms with Gasteiger partial charge in [0.05, 0.1) is 6.54 Å². The smallest absolute Gasteiger partial charge is 0.231 e. The number of rotatable bonds is 5. The lowest BCUT2D eigenvalue weighted by Gasteiger charge is -2.36. The third kappa shape index (κ3) is 4.98. The number of ether oxygens (including phenoxy) is 2. The van der Waals surface area contributed by atoms with Crippen molar-refractivity contribution in [3.05, 3.63) is 70.9 Å². The van der Waals surface area contributed by atoms with Crippen molar-refractivity contribution in [1.29, 1.82) is 0 Å². The maximum Gasteiger partial charge on any atom is 0.231 e. The zero-order chi connectivity index (χ0) is 21.9. The van der Waals surface area contributed by atoms with E-state index in [4.69, 9.17) is 33.3 Å². The molecule has 32 heavy (non-hydrogen) atoms. The van der Waals surface area contributed by atoms with Crippen LogP contribution in [0.5, 0.6) is 11.5 Å². The summed E-state index contributed by atoms with van der Waals surface area (Å²) in [4.78, 5) is 4.63. The van der Waals surface area contributed by atoms with Gasteiger partial charge in [-0.3, -0.25) is 9.58 Å². The molecule has 2 aliphatic heterocycles. The quantitative estimate of drug-likeness (QED) is 0.570. The molecule has 2 aromatic carbocycles. The fourth-order valence-electron chi connectivity index (χ4n) is 3.89. The first-order chi connectivity index (χ1) is 15.6. The lowest BCUT2D eigenvalue weighted by Crippen LogP contribution is -2.49. The molecule has 2 aliphatic rings. The highest BCUT2D eigenvalue weighted by molar-refractivity contribution is 7.80. The highest BCUT2D eigenvalue weighted by Gasteiger charge is 2.21. The number of hydrogen-bond acceptors (Lipinski definition) is 5. The van der Waals surface area contributed by atoms with Crippen molar-refractivity contribution in [1.82, 2.24) is 19.6 Å². The first-order valence-electron chi connectivity index (χ1n) is 10.6. The number of piperazine rings is 1. The number of halogens is 1. The second-order valence-electron chi connectivity index (χ2n) is 7.91. The topological polar surface area (TPSA) is 54.8 Å². The summed E-state index contributed by atoms with van der Waals surface area (Å²) >= 11 is 11.6. The second-order valence-corrected chi connectivity index (χ2v) is 8.73. The SMILES string of the molecule is S=C(Nc1ccn(Cc2ccc(Cl)cc2)n1)N1CCN(Cc2ccc3c(c2)OCO3)CC1. The van der Waals surface area contributed by atoms with Crippen molar-refractivity contribution in [2.75, 3.05) is 38.3 Å². The molecule has 1 aromatic heterocycles. The fourth-order valence-corrected chi connectivity index (χ4v) is 4.30. The van der Waals surface area contributed by atoms with Gasteiger partial charge in [-0.25, -0.2) is 0 Å². The minimum absolute atomic E-state index is 0.307. The van der Waals surface area contributed by atoms with Crippen LogP contribution in [0, 0.1) is 0 Å². The molecule has 5 rings (SSSR count). The monoisotopic (exact) mass is 469 g/mol. The van der Waals surface area contributed by atoms with Crippen molar-refractivity contribution >= 4 is 34.7 Å². The average molecular weight is 470 g/mol. The highest BCUT2D eigenvalue weighted by atomic mass is 35.5. The molecule has 1 saturated heterocycles. The van der Waals surface area contributed by atoms with E-state index in [0.29, 0.717) is 18.5 Å². The van der Waals surface area contributed by atoms with Crippen LogP contribution in [0.2, 0.25) is 5.02 Å². The Bertz CT molecular complexity index is 1100. The normalized spacial score (nSPS) is 15.7. The van der Waals surface area contributed by atoms with Crippen LogP contribution in [0.3, 0.4) is 0 Å². The van der Waals surface area contributed by atoms with E-state index in [1.807, 2.05) is 47.3 Å². The summed E-state index contributed by atoms with van der Waals surface area (Å²) in [5, 5.41) is 9.31. The summed E-state index contributed by atoms with van der Waals surface area (Å²) in [7, 11) is 0. The maximum absolute atomic E-state index is 5.96. The summed E-state index contributed by atoms with van der Waals surface area (Å²) in [6.07, 6.45) is 1.95. The Hall–Kier alpha value is -2.81. The summed E-state index contributed by atoms with van der Waals surface area (Å²) in [6, 6.07) is 15.9. The van der Waals surface area contributed by atoms with E-state index in [-0.39, 0.29) is 0 Å². The minimum atomic E-state index is 0.307. The third-order valence-corrected chi connectivity index (χ3v) is 6.25. The van der Waals surface area contributed by atoms with E-state index in [1.165, 1.54) is 5.56 Å². The molecule has 0 unspecified atom stereocenters. The molecular formula is C23H24ClN5O2S. The number of hydrogen-bond donors (Lipinski definition) is 1. The van der Waals surface area contributed by atoms with Gasteiger partial charge in [0.2, 0.25) is 6.79 Å². The number of benzene rings is 2. The van der Waals surface area contributed by atoms with E-state index in [0.717, 1.165) is 60.6 Å². The van der Waals surface area contributed by atoms with Crippen LogP contribution in [0.25, 0.3) is 0 Å². The van der Waals surface area contributed by atoms with Gasteiger partial charge in [0, 0.05) is 50.0 Å². The van der Waals surface area contributed by atoms with E-state index >= 15 is 0 Å². The first kappa shape index (κ1) is 21.1. The summed E-state index contributed by atoms with van der Waals surface area (Å²) in [6.45, 7) is 5.53. The number of anilines is 1. The number of aromatic nitrogens is 2. The van der Waals surface area contributed by atoms with Crippen LogP contribution in [0.4, 0.5) is 5.82 Å². The summed E-state index contributed by atoms with van der Waals surface area (Å²) in [5.74, 6) is 2.42. The summed E-state index contributed by atoms with van der Waals surface area (Å²) < 4.78 is 12.8. The van der Waals surface area contributed by atoms with Gasteiger partial charge in [-0.05, 0) is 47.6 Å². The maximum atomic E-state index is 5.96. The van der Waals surface area contributed by atoms with Gasteiger partial charge in [-0.15, -0.1) is 0 Å². The van der Waals surface area contributed by atoms with Crippen LogP contribution in [0.1, 0.15) is 11.1 Å². The predicted octanol–water partition coefficient (Wildman–Crippen LogP) is 3.83. The standard InChI is InChI=1S/C23H24ClN5O2S/c24-19-4-1-17(2-5-19)15-29-8-7-22(26-29)25-23(32)28-11-9-27(10-12-28)14-18-3-6-20-21(13-18)31-16-30-20/h1-8,13H,9-12,14-16H2,(H,25,26,32). The number of fused-ring (bicyclic) bond motifs is 1. The Labute approximate surface area is 197 Å². The van der Waals surface area contributed by atoms with Gasteiger partial charge in [-0.1, -0.05) is 29.8 Å². The Morgan fingerprint density at radius 3 is 2.50 bits per heavy atom. The van der Waals surface area contributed by atoms with Gasteiger partial charge in [0.25, 0.3) is 0 Å². The number of nitrogens with zero attached hydrogens (tertiary/aromatic N) is 4. The van der Waals surface area contributed by atoms with Gasteiger partial charge >= 0.3 is 0 Å². The molecule has 3 heterocycles. The van der Waals surface area contributed by atoms with Crippen molar-refractivity contribution in [2.45, 2.75) is 13.1 Å². The van der Waals surface area contributed by atoms with Crippen LogP contribution < -0.4 is 14.8 Å². The van der Waals surface area contributed by atoms with E-state index in [9.17, 15) is 0 Å². The molecular weight excluding hydrogens is 446 g/mol. The van der Waals surface area contributed by atoms with Gasteiger partial charge in [0.1, 0.15) is 0 Å². The zero-order valence-electron chi connectivity index (χ0n) is 17.5. The van der Waals surface area contributed by atoms with Crippen LogP contribution in [0.15, 0.2) is 54.7 Å². The minimum Gasteiger partial charge on any atom is -0.454 e. The van der Waals surface area contributed by atoms with Gasteiger partial charge in [0.15, 0.2) is 22.4 Å². The second kappa shape index (κ2) is 9.36. The largest absolute Gasteiger partial charge is 0.454 e. The first-order valence-corrected chi connectivity index (χ1v) is 11.4. The Kier molecular flexibility index (Phi) is 6.16. The van der Waals surface area contributed by atoms with Gasteiger partial charge < -0.3 is 19.7 Å². The fraction of sp³-hybridized carbons (Fsp3) is 0.304. The predicted molar refractivity (Wildman–Crippen MR) is 128 cm³/mol. The molecule has 1 fully saturated rings. The van der Waals surface area contributed by atoms with E-state index in [1.54, 1.807) is 0 Å². The average Bonchev–Trinajstić information content (AvgIpc) is 3.45. The molecule has 166 valence electrons. The molecule has 0 spiro atoms. The molecule has 1 N–H and O–H groups in total. The van der Waals surface area contributed by atoms with Crippen molar-refractivity contribution in [3.8, 4) is 11.5 Å². The number of nitrogens with one attached hydrogen (secondary N) is 1. The Balaban J connectivity index is 1.10.